The van der Waals surface area contributed by atoms with Crippen molar-refractivity contribution in [3.8, 4) is 0 Å². The Labute approximate surface area is 131 Å². The molecule has 0 atom stereocenters. The summed E-state index contributed by atoms with van der Waals surface area (Å²) in [5.74, 6) is -0.283. The van der Waals surface area contributed by atoms with Crippen molar-refractivity contribution in [3.05, 3.63) is 40.0 Å². The second kappa shape index (κ2) is 6.00. The van der Waals surface area contributed by atoms with Gasteiger partial charge in [0.05, 0.1) is 11.9 Å². The molecular weight excluding hydrogens is 334 g/mol. The van der Waals surface area contributed by atoms with Crippen LogP contribution in [0.1, 0.15) is 15.9 Å². The van der Waals surface area contributed by atoms with E-state index in [1.165, 1.54) is 13.2 Å². The molecule has 1 amide bonds. The molecule has 0 unspecified atom stereocenters. The Balaban J connectivity index is 2.38. The summed E-state index contributed by atoms with van der Waals surface area (Å²) in [6, 6.07) is 4.81. The van der Waals surface area contributed by atoms with Crippen LogP contribution in [0, 0.1) is 6.92 Å². The van der Waals surface area contributed by atoms with Gasteiger partial charge in [0, 0.05) is 12.6 Å². The van der Waals surface area contributed by atoms with Crippen molar-refractivity contribution >= 4 is 44.6 Å². The lowest BCUT2D eigenvalue weighted by Crippen LogP contribution is -2.20. The zero-order valence-electron chi connectivity index (χ0n) is 11.2. The van der Waals surface area contributed by atoms with E-state index in [4.69, 9.17) is 11.6 Å². The van der Waals surface area contributed by atoms with Crippen LogP contribution >= 0.6 is 22.9 Å². The summed E-state index contributed by atoms with van der Waals surface area (Å²) in [5.41, 5.74) is 1.27. The molecule has 1 heterocycles. The van der Waals surface area contributed by atoms with Gasteiger partial charge in [-0.2, -0.15) is 0 Å². The number of thiazole rings is 1. The highest BCUT2D eigenvalue weighted by Gasteiger charge is 2.20. The van der Waals surface area contributed by atoms with E-state index in [-0.39, 0.29) is 14.6 Å². The fraction of sp³-hybridized carbons (Fsp3) is 0.167. The second-order valence-corrected chi connectivity index (χ2v) is 7.62. The first kappa shape index (κ1) is 15.7. The van der Waals surface area contributed by atoms with Crippen LogP contribution in [0.25, 0.3) is 0 Å². The zero-order chi connectivity index (χ0) is 15.6. The van der Waals surface area contributed by atoms with E-state index in [0.717, 1.165) is 11.3 Å². The quantitative estimate of drug-likeness (QED) is 0.889. The predicted octanol–water partition coefficient (Wildman–Crippen LogP) is 2.27. The Morgan fingerprint density at radius 3 is 2.67 bits per heavy atom. The van der Waals surface area contributed by atoms with E-state index in [1.807, 2.05) is 0 Å². The Bertz CT molecular complexity index is 787. The van der Waals surface area contributed by atoms with Gasteiger partial charge >= 0.3 is 0 Å². The molecule has 6 nitrogen and oxygen atoms in total. The number of benzene rings is 1. The molecule has 0 aliphatic heterocycles. The van der Waals surface area contributed by atoms with Gasteiger partial charge in [-0.05, 0) is 24.6 Å². The number of carbonyl (C=O) groups excluding carboxylic acids is 1. The first-order valence-corrected chi connectivity index (χ1v) is 8.49. The van der Waals surface area contributed by atoms with Crippen LogP contribution in [-0.2, 0) is 10.0 Å². The van der Waals surface area contributed by atoms with E-state index in [9.17, 15) is 13.2 Å². The highest BCUT2D eigenvalue weighted by atomic mass is 35.5. The smallest absolute Gasteiger partial charge is 0.273 e. The number of halogens is 1. The summed E-state index contributed by atoms with van der Waals surface area (Å²) < 4.78 is 27.0. The van der Waals surface area contributed by atoms with Crippen molar-refractivity contribution in [1.29, 1.82) is 0 Å². The van der Waals surface area contributed by atoms with Crippen LogP contribution in [0.15, 0.2) is 28.6 Å². The Morgan fingerprint density at radius 2 is 2.10 bits per heavy atom. The molecule has 0 bridgehead atoms. The van der Waals surface area contributed by atoms with Crippen LogP contribution in [0.3, 0.4) is 0 Å². The molecule has 0 aliphatic carbocycles. The molecule has 0 saturated carbocycles. The van der Waals surface area contributed by atoms with Crippen molar-refractivity contribution in [3.63, 3.8) is 0 Å². The minimum Gasteiger partial charge on any atom is -0.355 e. The minimum absolute atomic E-state index is 0.0113. The first-order chi connectivity index (χ1) is 9.85. The number of hydrogen-bond donors (Lipinski definition) is 2. The summed E-state index contributed by atoms with van der Waals surface area (Å²) in [6.45, 7) is 1.67. The number of sulfonamides is 1. The van der Waals surface area contributed by atoms with E-state index in [0.29, 0.717) is 16.8 Å². The topological polar surface area (TPSA) is 88.2 Å². The monoisotopic (exact) mass is 345 g/mol. The molecule has 2 N–H and O–H groups in total. The molecule has 21 heavy (non-hydrogen) atoms. The molecule has 0 radical (unpaired) electrons. The maximum atomic E-state index is 12.2. The van der Waals surface area contributed by atoms with Crippen molar-refractivity contribution in [2.24, 2.45) is 0 Å². The minimum atomic E-state index is -3.77. The van der Waals surface area contributed by atoms with Gasteiger partial charge in [-0.25, -0.2) is 13.4 Å². The van der Waals surface area contributed by atoms with Crippen molar-refractivity contribution in [2.45, 2.75) is 11.1 Å². The third-order valence-corrected chi connectivity index (χ3v) is 5.71. The lowest BCUT2D eigenvalue weighted by Gasteiger charge is -2.12. The number of amides is 1. The maximum absolute atomic E-state index is 12.2. The normalized spacial score (nSPS) is 11.2. The molecule has 0 aliphatic rings. The van der Waals surface area contributed by atoms with Crippen LogP contribution in [0.5, 0.6) is 0 Å². The third-order valence-electron chi connectivity index (χ3n) is 2.77. The average Bonchev–Trinajstić information content (AvgIpc) is 2.88. The number of aromatic nitrogens is 1. The predicted molar refractivity (Wildman–Crippen MR) is 82.5 cm³/mol. The zero-order valence-corrected chi connectivity index (χ0v) is 13.6. The van der Waals surface area contributed by atoms with Gasteiger partial charge in [-0.3, -0.25) is 9.52 Å². The van der Waals surface area contributed by atoms with Gasteiger partial charge < -0.3 is 5.32 Å². The Morgan fingerprint density at radius 1 is 1.38 bits per heavy atom. The lowest BCUT2D eigenvalue weighted by molar-refractivity contribution is 0.0962. The number of carbonyl (C=O) groups is 1. The SMILES string of the molecule is CNC(=O)c1cccc(NS(=O)(=O)c2cnc(Cl)s2)c1C. The van der Waals surface area contributed by atoms with E-state index in [1.54, 1.807) is 25.1 Å². The summed E-state index contributed by atoms with van der Waals surface area (Å²) in [7, 11) is -2.26. The first-order valence-electron chi connectivity index (χ1n) is 5.81. The summed E-state index contributed by atoms with van der Waals surface area (Å²) in [6.07, 6.45) is 1.19. The highest BCUT2D eigenvalue weighted by Crippen LogP contribution is 2.26. The van der Waals surface area contributed by atoms with Crippen molar-refractivity contribution in [1.82, 2.24) is 10.3 Å². The molecule has 0 saturated heterocycles. The van der Waals surface area contributed by atoms with Crippen molar-refractivity contribution in [2.75, 3.05) is 11.8 Å². The fourth-order valence-corrected chi connectivity index (χ4v) is 4.10. The summed E-state index contributed by atoms with van der Waals surface area (Å²) in [4.78, 5) is 15.4. The molecular formula is C12H12ClN3O3S2. The number of nitrogens with one attached hydrogen (secondary N) is 2. The Kier molecular flexibility index (Phi) is 4.50. The second-order valence-electron chi connectivity index (χ2n) is 4.10. The number of rotatable bonds is 4. The molecule has 2 aromatic rings. The van der Waals surface area contributed by atoms with Gasteiger partial charge in [0.25, 0.3) is 15.9 Å². The van der Waals surface area contributed by atoms with Crippen LogP contribution in [0.4, 0.5) is 5.69 Å². The van der Waals surface area contributed by atoms with E-state index in [2.05, 4.69) is 15.0 Å². The van der Waals surface area contributed by atoms with Crippen LogP contribution < -0.4 is 10.0 Å². The van der Waals surface area contributed by atoms with Gasteiger partial charge in [0.1, 0.15) is 0 Å². The summed E-state index contributed by atoms with van der Waals surface area (Å²) >= 11 is 6.51. The molecule has 9 heteroatoms. The Hall–Kier alpha value is -1.64. The highest BCUT2D eigenvalue weighted by molar-refractivity contribution is 7.94. The van der Waals surface area contributed by atoms with Gasteiger partial charge in [-0.15, -0.1) is 0 Å². The fourth-order valence-electron chi connectivity index (χ4n) is 1.69. The average molecular weight is 346 g/mol. The van der Waals surface area contributed by atoms with Crippen molar-refractivity contribution < 1.29 is 13.2 Å². The lowest BCUT2D eigenvalue weighted by atomic mass is 10.1. The van der Waals surface area contributed by atoms with Crippen LogP contribution in [0.2, 0.25) is 4.47 Å². The number of anilines is 1. The maximum Gasteiger partial charge on any atom is 0.273 e. The summed E-state index contributed by atoms with van der Waals surface area (Å²) in [5, 5.41) is 2.51. The largest absolute Gasteiger partial charge is 0.355 e. The standard InChI is InChI=1S/C12H12ClN3O3S2/c1-7-8(11(17)14-2)4-3-5-9(7)16-21(18,19)10-6-15-12(13)20-10/h3-6,16H,1-2H3,(H,14,17). The van der Waals surface area contributed by atoms with Crippen LogP contribution in [-0.4, -0.2) is 26.4 Å². The molecule has 1 aromatic carbocycles. The van der Waals surface area contributed by atoms with Gasteiger partial charge in [0.15, 0.2) is 8.68 Å². The molecule has 0 fully saturated rings. The van der Waals surface area contributed by atoms with E-state index < -0.39 is 10.0 Å². The molecule has 2 rings (SSSR count). The number of hydrogen-bond acceptors (Lipinski definition) is 5. The molecule has 0 spiro atoms. The van der Waals surface area contributed by atoms with E-state index >= 15 is 0 Å². The van der Waals surface area contributed by atoms with Gasteiger partial charge in [-0.1, -0.05) is 29.0 Å². The van der Waals surface area contributed by atoms with Gasteiger partial charge in [0.2, 0.25) is 0 Å². The molecule has 112 valence electrons. The number of nitrogens with zero attached hydrogens (tertiary/aromatic N) is 1. The third kappa shape index (κ3) is 3.34. The molecule has 1 aromatic heterocycles.